The Balaban J connectivity index is 1.44. The standard InChI is InChI=1S/C25H20Cl2N2O2S/c1-15(31-22-13-10-19(26)14-21(22)27)24(30)28-20-11-8-17(9-12-20)23-16(2)32-25(29-23)18-6-4-3-5-7-18/h3-15H,1-2H3,(H,28,30). The predicted molar refractivity (Wildman–Crippen MR) is 133 cm³/mol. The molecule has 0 saturated carbocycles. The highest BCUT2D eigenvalue weighted by Gasteiger charge is 2.17. The van der Waals surface area contributed by atoms with Gasteiger partial charge in [-0.15, -0.1) is 11.3 Å². The molecular weight excluding hydrogens is 463 g/mol. The minimum absolute atomic E-state index is 0.278. The molecule has 1 atom stereocenters. The summed E-state index contributed by atoms with van der Waals surface area (Å²) >= 11 is 13.7. The highest BCUT2D eigenvalue weighted by Crippen LogP contribution is 2.33. The minimum Gasteiger partial charge on any atom is -0.479 e. The zero-order valence-corrected chi connectivity index (χ0v) is 19.8. The quantitative estimate of drug-likeness (QED) is 0.309. The molecule has 4 aromatic rings. The molecule has 0 aliphatic carbocycles. The van der Waals surface area contributed by atoms with Gasteiger partial charge in [-0.2, -0.15) is 0 Å². The summed E-state index contributed by atoms with van der Waals surface area (Å²) in [5, 5.41) is 4.72. The van der Waals surface area contributed by atoms with Crippen LogP contribution in [-0.2, 0) is 4.79 Å². The van der Waals surface area contributed by atoms with E-state index in [4.69, 9.17) is 32.9 Å². The lowest BCUT2D eigenvalue weighted by Crippen LogP contribution is -2.30. The molecule has 3 aromatic carbocycles. The Labute approximate surface area is 200 Å². The highest BCUT2D eigenvalue weighted by molar-refractivity contribution is 7.15. The van der Waals surface area contributed by atoms with E-state index in [0.717, 1.165) is 26.7 Å². The van der Waals surface area contributed by atoms with Crippen LogP contribution in [0.5, 0.6) is 5.75 Å². The Kier molecular flexibility index (Phi) is 6.80. The highest BCUT2D eigenvalue weighted by atomic mass is 35.5. The SMILES string of the molecule is Cc1sc(-c2ccccc2)nc1-c1ccc(NC(=O)C(C)Oc2ccc(Cl)cc2Cl)cc1. The first-order chi connectivity index (χ1) is 15.4. The van der Waals surface area contributed by atoms with Crippen molar-refractivity contribution in [1.82, 2.24) is 4.98 Å². The van der Waals surface area contributed by atoms with Crippen molar-refractivity contribution in [2.75, 3.05) is 5.32 Å². The average Bonchev–Trinajstić information content (AvgIpc) is 3.18. The molecule has 0 fully saturated rings. The van der Waals surface area contributed by atoms with Crippen LogP contribution < -0.4 is 10.1 Å². The summed E-state index contributed by atoms with van der Waals surface area (Å²) in [4.78, 5) is 18.5. The molecule has 0 spiro atoms. The van der Waals surface area contributed by atoms with Crippen molar-refractivity contribution < 1.29 is 9.53 Å². The number of ether oxygens (including phenoxy) is 1. The van der Waals surface area contributed by atoms with Crippen molar-refractivity contribution in [1.29, 1.82) is 0 Å². The predicted octanol–water partition coefficient (Wildman–Crippen LogP) is 7.50. The van der Waals surface area contributed by atoms with Crippen molar-refractivity contribution in [3.8, 4) is 27.6 Å². The summed E-state index contributed by atoms with van der Waals surface area (Å²) in [5.41, 5.74) is 3.72. The van der Waals surface area contributed by atoms with Gasteiger partial charge >= 0.3 is 0 Å². The number of nitrogens with one attached hydrogen (secondary N) is 1. The van der Waals surface area contributed by atoms with Crippen LogP contribution in [0.1, 0.15) is 11.8 Å². The van der Waals surface area contributed by atoms with Crippen molar-refractivity contribution in [3.63, 3.8) is 0 Å². The number of hydrogen-bond acceptors (Lipinski definition) is 4. The maximum absolute atomic E-state index is 12.5. The zero-order valence-electron chi connectivity index (χ0n) is 17.4. The fraction of sp³-hybridized carbons (Fsp3) is 0.120. The number of anilines is 1. The van der Waals surface area contributed by atoms with Gasteiger partial charge in [0, 0.05) is 26.7 Å². The monoisotopic (exact) mass is 482 g/mol. The lowest BCUT2D eigenvalue weighted by Gasteiger charge is -2.16. The lowest BCUT2D eigenvalue weighted by molar-refractivity contribution is -0.122. The van der Waals surface area contributed by atoms with Gasteiger partial charge in [0.05, 0.1) is 10.7 Å². The molecule has 4 rings (SSSR count). The van der Waals surface area contributed by atoms with Crippen molar-refractivity contribution in [2.24, 2.45) is 0 Å². The van der Waals surface area contributed by atoms with Crippen LogP contribution in [0, 0.1) is 6.92 Å². The van der Waals surface area contributed by atoms with E-state index in [2.05, 4.69) is 24.4 Å². The Bertz CT molecular complexity index is 1240. The molecule has 162 valence electrons. The minimum atomic E-state index is -0.734. The molecule has 4 nitrogen and oxygen atoms in total. The third-order valence-corrected chi connectivity index (χ3v) is 6.36. The molecule has 7 heteroatoms. The average molecular weight is 483 g/mol. The summed E-state index contributed by atoms with van der Waals surface area (Å²) in [6, 6.07) is 22.6. The first kappa shape index (κ1) is 22.3. The number of aryl methyl sites for hydroxylation is 1. The topological polar surface area (TPSA) is 51.2 Å². The molecule has 1 N–H and O–H groups in total. The van der Waals surface area contributed by atoms with Gasteiger partial charge in [-0.1, -0.05) is 65.7 Å². The Morgan fingerprint density at radius 3 is 2.41 bits per heavy atom. The second-order valence-electron chi connectivity index (χ2n) is 7.19. The van der Waals surface area contributed by atoms with Gasteiger partial charge in [0.25, 0.3) is 5.91 Å². The van der Waals surface area contributed by atoms with Gasteiger partial charge in [-0.25, -0.2) is 4.98 Å². The van der Waals surface area contributed by atoms with Crippen LogP contribution in [0.15, 0.2) is 72.8 Å². The first-order valence-electron chi connectivity index (χ1n) is 9.96. The van der Waals surface area contributed by atoms with Crippen molar-refractivity contribution in [2.45, 2.75) is 20.0 Å². The van der Waals surface area contributed by atoms with E-state index in [1.165, 1.54) is 0 Å². The number of halogens is 2. The largest absolute Gasteiger partial charge is 0.479 e. The van der Waals surface area contributed by atoms with Crippen molar-refractivity contribution in [3.05, 3.63) is 87.7 Å². The Hall–Kier alpha value is -2.86. The molecule has 0 saturated heterocycles. The number of amides is 1. The number of hydrogen-bond donors (Lipinski definition) is 1. The van der Waals surface area contributed by atoms with E-state index in [0.29, 0.717) is 21.5 Å². The summed E-state index contributed by atoms with van der Waals surface area (Å²) in [6.07, 6.45) is -0.734. The fourth-order valence-corrected chi connectivity index (χ4v) is 4.53. The molecule has 0 aliphatic rings. The van der Waals surface area contributed by atoms with Gasteiger partial charge in [0.1, 0.15) is 10.8 Å². The summed E-state index contributed by atoms with van der Waals surface area (Å²) < 4.78 is 5.68. The maximum Gasteiger partial charge on any atom is 0.265 e. The Morgan fingerprint density at radius 2 is 1.72 bits per heavy atom. The fourth-order valence-electron chi connectivity index (χ4n) is 3.14. The summed E-state index contributed by atoms with van der Waals surface area (Å²) in [5.74, 6) is 0.127. The third-order valence-electron chi connectivity index (χ3n) is 4.81. The summed E-state index contributed by atoms with van der Waals surface area (Å²) in [6.45, 7) is 3.73. The normalized spacial score (nSPS) is 11.8. The number of carbonyl (C=O) groups excluding carboxylic acids is 1. The molecule has 1 unspecified atom stereocenters. The van der Waals surface area contributed by atoms with Crippen molar-refractivity contribution >= 4 is 46.1 Å². The molecule has 1 heterocycles. The molecular formula is C25H20Cl2N2O2S. The van der Waals surface area contributed by atoms with Gasteiger partial charge in [-0.3, -0.25) is 4.79 Å². The number of rotatable bonds is 6. The van der Waals surface area contributed by atoms with E-state index in [1.807, 2.05) is 42.5 Å². The van der Waals surface area contributed by atoms with E-state index in [9.17, 15) is 4.79 Å². The van der Waals surface area contributed by atoms with Crippen LogP contribution >= 0.6 is 34.5 Å². The number of benzene rings is 3. The van der Waals surface area contributed by atoms with Gasteiger partial charge < -0.3 is 10.1 Å². The first-order valence-corrected chi connectivity index (χ1v) is 11.5. The van der Waals surface area contributed by atoms with Gasteiger partial charge in [-0.05, 0) is 44.2 Å². The smallest absolute Gasteiger partial charge is 0.265 e. The number of carbonyl (C=O) groups is 1. The molecule has 1 aromatic heterocycles. The second kappa shape index (κ2) is 9.74. The summed E-state index contributed by atoms with van der Waals surface area (Å²) in [7, 11) is 0. The zero-order chi connectivity index (χ0) is 22.7. The van der Waals surface area contributed by atoms with Gasteiger partial charge in [0.2, 0.25) is 0 Å². The molecule has 0 aliphatic heterocycles. The van der Waals surface area contributed by atoms with Crippen LogP contribution in [0.3, 0.4) is 0 Å². The maximum atomic E-state index is 12.5. The molecule has 0 bridgehead atoms. The van der Waals surface area contributed by atoms with E-state index < -0.39 is 6.10 Å². The number of nitrogens with zero attached hydrogens (tertiary/aromatic N) is 1. The lowest BCUT2D eigenvalue weighted by atomic mass is 10.1. The molecule has 1 amide bonds. The number of aromatic nitrogens is 1. The van der Waals surface area contributed by atoms with Crippen LogP contribution in [-0.4, -0.2) is 17.0 Å². The van der Waals surface area contributed by atoms with E-state index in [1.54, 1.807) is 36.5 Å². The van der Waals surface area contributed by atoms with E-state index in [-0.39, 0.29) is 5.91 Å². The third kappa shape index (κ3) is 5.13. The van der Waals surface area contributed by atoms with Crippen LogP contribution in [0.2, 0.25) is 10.0 Å². The number of thiazole rings is 1. The van der Waals surface area contributed by atoms with Gasteiger partial charge in [0.15, 0.2) is 6.10 Å². The molecule has 32 heavy (non-hydrogen) atoms. The van der Waals surface area contributed by atoms with Crippen LogP contribution in [0.25, 0.3) is 21.8 Å². The Morgan fingerprint density at radius 1 is 1.00 bits per heavy atom. The van der Waals surface area contributed by atoms with Crippen LogP contribution in [0.4, 0.5) is 5.69 Å². The molecule has 0 radical (unpaired) electrons. The van der Waals surface area contributed by atoms with E-state index >= 15 is 0 Å². The second-order valence-corrected chi connectivity index (χ2v) is 9.24.